The Morgan fingerprint density at radius 2 is 2.18 bits per heavy atom. The van der Waals surface area contributed by atoms with Gasteiger partial charge in [0, 0.05) is 19.7 Å². The Hall–Kier alpha value is -1.84. The molecule has 0 spiro atoms. The van der Waals surface area contributed by atoms with Crippen LogP contribution in [0.5, 0.6) is 5.75 Å². The van der Waals surface area contributed by atoms with Gasteiger partial charge in [-0.05, 0) is 25.5 Å². The van der Waals surface area contributed by atoms with Crippen LogP contribution in [0.1, 0.15) is 22.8 Å². The predicted octanol–water partition coefficient (Wildman–Crippen LogP) is 2.43. The van der Waals surface area contributed by atoms with Crippen molar-refractivity contribution in [2.45, 2.75) is 13.8 Å². The fraction of sp³-hybridized carbons (Fsp3) is 0.385. The standard InChI is InChI=1S/C13H18N2O2/c1-5-15(3)9-14-12-7-13(17-4)11(8-16)6-10(12)2/h6-9H,5H2,1-4H3/b14-9+. The first-order valence-corrected chi connectivity index (χ1v) is 5.50. The number of benzene rings is 1. The smallest absolute Gasteiger partial charge is 0.153 e. The molecule has 4 nitrogen and oxygen atoms in total. The summed E-state index contributed by atoms with van der Waals surface area (Å²) >= 11 is 0. The second kappa shape index (κ2) is 6.03. The Morgan fingerprint density at radius 1 is 1.47 bits per heavy atom. The molecule has 0 atom stereocenters. The number of hydrogen-bond donors (Lipinski definition) is 0. The summed E-state index contributed by atoms with van der Waals surface area (Å²) in [7, 11) is 3.50. The molecule has 17 heavy (non-hydrogen) atoms. The zero-order valence-electron chi connectivity index (χ0n) is 10.7. The van der Waals surface area contributed by atoms with Crippen LogP contribution in [-0.2, 0) is 0 Å². The highest BCUT2D eigenvalue weighted by Gasteiger charge is 2.06. The van der Waals surface area contributed by atoms with Gasteiger partial charge >= 0.3 is 0 Å². The molecule has 1 aromatic carbocycles. The van der Waals surface area contributed by atoms with Crippen LogP contribution in [0.4, 0.5) is 5.69 Å². The molecule has 1 aromatic rings. The Morgan fingerprint density at radius 3 is 2.71 bits per heavy atom. The average Bonchev–Trinajstić information content (AvgIpc) is 2.36. The molecule has 0 N–H and O–H groups in total. The normalized spacial score (nSPS) is 10.6. The second-order valence-corrected chi connectivity index (χ2v) is 3.82. The lowest BCUT2D eigenvalue weighted by atomic mass is 10.1. The highest BCUT2D eigenvalue weighted by Crippen LogP contribution is 2.27. The lowest BCUT2D eigenvalue weighted by molar-refractivity contribution is 0.112. The largest absolute Gasteiger partial charge is 0.496 e. The van der Waals surface area contributed by atoms with Gasteiger partial charge in [0.1, 0.15) is 5.75 Å². The van der Waals surface area contributed by atoms with E-state index in [1.165, 1.54) is 0 Å². The molecular weight excluding hydrogens is 216 g/mol. The number of aliphatic imine (C=N–C) groups is 1. The summed E-state index contributed by atoms with van der Waals surface area (Å²) in [5.74, 6) is 0.553. The van der Waals surface area contributed by atoms with Gasteiger partial charge in [0.2, 0.25) is 0 Å². The summed E-state index contributed by atoms with van der Waals surface area (Å²) in [5, 5.41) is 0. The van der Waals surface area contributed by atoms with Gasteiger partial charge in [-0.1, -0.05) is 0 Å². The maximum Gasteiger partial charge on any atom is 0.153 e. The van der Waals surface area contributed by atoms with E-state index in [9.17, 15) is 4.79 Å². The molecule has 92 valence electrons. The summed E-state index contributed by atoms with van der Waals surface area (Å²) in [6.07, 6.45) is 2.56. The third-order valence-corrected chi connectivity index (χ3v) is 2.57. The Bertz CT molecular complexity index is 428. The van der Waals surface area contributed by atoms with E-state index in [1.54, 1.807) is 25.6 Å². The third-order valence-electron chi connectivity index (χ3n) is 2.57. The highest BCUT2D eigenvalue weighted by atomic mass is 16.5. The van der Waals surface area contributed by atoms with Crippen LogP contribution in [0.25, 0.3) is 0 Å². The number of aldehydes is 1. The summed E-state index contributed by atoms with van der Waals surface area (Å²) in [5.41, 5.74) is 2.31. The number of carbonyl (C=O) groups is 1. The zero-order chi connectivity index (χ0) is 12.8. The maximum absolute atomic E-state index is 10.8. The molecule has 4 heteroatoms. The van der Waals surface area contributed by atoms with Crippen molar-refractivity contribution in [3.8, 4) is 5.75 Å². The van der Waals surface area contributed by atoms with E-state index < -0.39 is 0 Å². The first-order valence-electron chi connectivity index (χ1n) is 5.50. The van der Waals surface area contributed by atoms with E-state index in [4.69, 9.17) is 4.74 Å². The molecule has 0 fully saturated rings. The molecule has 0 aliphatic rings. The number of rotatable bonds is 5. The molecule has 0 amide bonds. The van der Waals surface area contributed by atoms with Gasteiger partial charge in [0.25, 0.3) is 0 Å². The monoisotopic (exact) mass is 234 g/mol. The van der Waals surface area contributed by atoms with Crippen molar-refractivity contribution >= 4 is 18.3 Å². The van der Waals surface area contributed by atoms with E-state index in [-0.39, 0.29) is 0 Å². The molecule has 0 bridgehead atoms. The van der Waals surface area contributed by atoms with Crippen LogP contribution >= 0.6 is 0 Å². The third kappa shape index (κ3) is 3.31. The van der Waals surface area contributed by atoms with Gasteiger partial charge in [0.05, 0.1) is 24.7 Å². The van der Waals surface area contributed by atoms with Gasteiger partial charge in [-0.25, -0.2) is 4.99 Å². The van der Waals surface area contributed by atoms with Crippen molar-refractivity contribution in [1.29, 1.82) is 0 Å². The van der Waals surface area contributed by atoms with E-state index in [2.05, 4.69) is 11.9 Å². The number of nitrogens with zero attached hydrogens (tertiary/aromatic N) is 2. The van der Waals surface area contributed by atoms with Crippen LogP contribution in [0.3, 0.4) is 0 Å². The molecule has 0 unspecified atom stereocenters. The van der Waals surface area contributed by atoms with Crippen LogP contribution in [-0.4, -0.2) is 38.2 Å². The number of hydrogen-bond acceptors (Lipinski definition) is 3. The van der Waals surface area contributed by atoms with Crippen LogP contribution in [0.2, 0.25) is 0 Å². The van der Waals surface area contributed by atoms with Gasteiger partial charge in [-0.15, -0.1) is 0 Å². The minimum atomic E-state index is 0.549. The zero-order valence-corrected chi connectivity index (χ0v) is 10.7. The van der Waals surface area contributed by atoms with Crippen LogP contribution in [0.15, 0.2) is 17.1 Å². The Balaban J connectivity index is 3.08. The molecule has 0 saturated heterocycles. The quantitative estimate of drug-likeness (QED) is 0.446. The fourth-order valence-electron chi connectivity index (χ4n) is 1.35. The number of methoxy groups -OCH3 is 1. The highest BCUT2D eigenvalue weighted by molar-refractivity contribution is 5.82. The summed E-state index contributed by atoms with van der Waals surface area (Å²) in [4.78, 5) is 17.2. The minimum absolute atomic E-state index is 0.549. The van der Waals surface area contributed by atoms with Crippen molar-refractivity contribution in [2.24, 2.45) is 4.99 Å². The maximum atomic E-state index is 10.8. The van der Waals surface area contributed by atoms with Crippen LogP contribution in [0, 0.1) is 6.92 Å². The number of carbonyl (C=O) groups excluding carboxylic acids is 1. The Kier molecular flexibility index (Phi) is 4.69. The Labute approximate surface area is 102 Å². The molecule has 0 saturated carbocycles. The van der Waals surface area contributed by atoms with E-state index in [1.807, 2.05) is 18.9 Å². The van der Waals surface area contributed by atoms with Gasteiger partial charge in [-0.2, -0.15) is 0 Å². The van der Waals surface area contributed by atoms with E-state index in [0.29, 0.717) is 11.3 Å². The molecular formula is C13H18N2O2. The summed E-state index contributed by atoms with van der Waals surface area (Å²) in [6.45, 7) is 4.87. The average molecular weight is 234 g/mol. The van der Waals surface area contributed by atoms with Crippen molar-refractivity contribution < 1.29 is 9.53 Å². The molecule has 0 aromatic heterocycles. The number of ether oxygens (including phenoxy) is 1. The lowest BCUT2D eigenvalue weighted by Gasteiger charge is -2.10. The molecule has 0 heterocycles. The first-order chi connectivity index (χ1) is 8.12. The number of aryl methyl sites for hydroxylation is 1. The lowest BCUT2D eigenvalue weighted by Crippen LogP contribution is -2.14. The summed E-state index contributed by atoms with van der Waals surface area (Å²) < 4.78 is 5.15. The van der Waals surface area contributed by atoms with Gasteiger partial charge in [0.15, 0.2) is 6.29 Å². The van der Waals surface area contributed by atoms with Crippen molar-refractivity contribution in [3.63, 3.8) is 0 Å². The van der Waals surface area contributed by atoms with Crippen molar-refractivity contribution in [2.75, 3.05) is 20.7 Å². The first kappa shape index (κ1) is 13.2. The summed E-state index contributed by atoms with van der Waals surface area (Å²) in [6, 6.07) is 3.56. The second-order valence-electron chi connectivity index (χ2n) is 3.82. The topological polar surface area (TPSA) is 41.9 Å². The van der Waals surface area contributed by atoms with Crippen molar-refractivity contribution in [1.82, 2.24) is 4.90 Å². The van der Waals surface area contributed by atoms with E-state index >= 15 is 0 Å². The van der Waals surface area contributed by atoms with E-state index in [0.717, 1.165) is 24.1 Å². The fourth-order valence-corrected chi connectivity index (χ4v) is 1.35. The molecule has 1 rings (SSSR count). The van der Waals surface area contributed by atoms with Crippen molar-refractivity contribution in [3.05, 3.63) is 23.3 Å². The molecule has 0 aliphatic carbocycles. The molecule has 0 aliphatic heterocycles. The predicted molar refractivity (Wildman–Crippen MR) is 69.6 cm³/mol. The van der Waals surface area contributed by atoms with Crippen LogP contribution < -0.4 is 4.74 Å². The van der Waals surface area contributed by atoms with Gasteiger partial charge in [-0.3, -0.25) is 4.79 Å². The molecule has 0 radical (unpaired) electrons. The minimum Gasteiger partial charge on any atom is -0.496 e. The SMILES string of the molecule is CCN(C)/C=N/c1cc(OC)c(C=O)cc1C. The van der Waals surface area contributed by atoms with Gasteiger partial charge < -0.3 is 9.64 Å².